The van der Waals surface area contributed by atoms with Gasteiger partial charge < -0.3 is 5.11 Å². The summed E-state index contributed by atoms with van der Waals surface area (Å²) in [5, 5.41) is 18.0. The fourth-order valence-electron chi connectivity index (χ4n) is 2.48. The Morgan fingerprint density at radius 3 is 3.00 bits per heavy atom. The molecular weight excluding hydrogens is 212 g/mol. The fourth-order valence-corrected chi connectivity index (χ4v) is 2.48. The van der Waals surface area contributed by atoms with Gasteiger partial charge in [0.25, 0.3) is 0 Å². The number of nitriles is 1. The number of likely N-dealkylation sites (tertiary alicyclic amines) is 1. The minimum atomic E-state index is 0.285. The van der Waals surface area contributed by atoms with Crippen molar-refractivity contribution in [3.05, 3.63) is 35.4 Å². The average molecular weight is 230 g/mol. The summed E-state index contributed by atoms with van der Waals surface area (Å²) in [5.41, 5.74) is 1.89. The Labute approximate surface area is 102 Å². The van der Waals surface area contributed by atoms with Gasteiger partial charge in [-0.15, -0.1) is 0 Å². The van der Waals surface area contributed by atoms with Crippen molar-refractivity contribution >= 4 is 0 Å². The number of aliphatic hydroxyl groups is 1. The molecule has 1 aliphatic heterocycles. The maximum atomic E-state index is 9.03. The Kier molecular flexibility index (Phi) is 4.13. The number of rotatable bonds is 4. The van der Waals surface area contributed by atoms with Crippen LogP contribution in [0.25, 0.3) is 0 Å². The van der Waals surface area contributed by atoms with Crippen molar-refractivity contribution in [2.75, 3.05) is 19.7 Å². The Balaban J connectivity index is 1.96. The lowest BCUT2D eigenvalue weighted by atomic mass is 10.1. The second kappa shape index (κ2) is 5.81. The number of hydrogen-bond donors (Lipinski definition) is 1. The molecule has 2 rings (SSSR count). The molecule has 0 bridgehead atoms. The van der Waals surface area contributed by atoms with Gasteiger partial charge in [0.15, 0.2) is 0 Å². The highest BCUT2D eigenvalue weighted by Crippen LogP contribution is 2.21. The van der Waals surface area contributed by atoms with Gasteiger partial charge in [0.2, 0.25) is 0 Å². The molecule has 1 saturated heterocycles. The first-order chi connectivity index (χ1) is 8.33. The van der Waals surface area contributed by atoms with Gasteiger partial charge in [-0.05, 0) is 36.9 Å². The quantitative estimate of drug-likeness (QED) is 0.857. The summed E-state index contributed by atoms with van der Waals surface area (Å²) >= 11 is 0. The van der Waals surface area contributed by atoms with E-state index < -0.39 is 0 Å². The van der Waals surface area contributed by atoms with E-state index in [1.807, 2.05) is 24.3 Å². The summed E-state index contributed by atoms with van der Waals surface area (Å²) < 4.78 is 0. The third-order valence-corrected chi connectivity index (χ3v) is 3.44. The number of aliphatic hydroxyl groups excluding tert-OH is 1. The predicted octanol–water partition coefficient (Wildman–Crippen LogP) is 1.76. The van der Waals surface area contributed by atoms with Crippen molar-refractivity contribution in [3.63, 3.8) is 0 Å². The largest absolute Gasteiger partial charge is 0.396 e. The molecule has 0 spiro atoms. The first-order valence-corrected chi connectivity index (χ1v) is 6.14. The van der Waals surface area contributed by atoms with Gasteiger partial charge in [-0.3, -0.25) is 4.90 Å². The van der Waals surface area contributed by atoms with Gasteiger partial charge >= 0.3 is 0 Å². The fraction of sp³-hybridized carbons (Fsp3) is 0.500. The second-order valence-electron chi connectivity index (χ2n) is 4.67. The summed E-state index contributed by atoms with van der Waals surface area (Å²) in [6.07, 6.45) is 2.06. The predicted molar refractivity (Wildman–Crippen MR) is 66.2 cm³/mol. The SMILES string of the molecule is N#Cc1ccccc1CN1CCC(CCO)C1. The van der Waals surface area contributed by atoms with Crippen molar-refractivity contribution in [2.45, 2.75) is 19.4 Å². The van der Waals surface area contributed by atoms with E-state index >= 15 is 0 Å². The van der Waals surface area contributed by atoms with Gasteiger partial charge in [-0.1, -0.05) is 18.2 Å². The maximum Gasteiger partial charge on any atom is 0.0995 e. The molecule has 1 unspecified atom stereocenters. The molecule has 0 radical (unpaired) electrons. The highest BCUT2D eigenvalue weighted by molar-refractivity contribution is 5.37. The highest BCUT2D eigenvalue weighted by atomic mass is 16.3. The van der Waals surface area contributed by atoms with Crippen molar-refractivity contribution in [2.24, 2.45) is 5.92 Å². The van der Waals surface area contributed by atoms with E-state index in [-0.39, 0.29) is 6.61 Å². The number of benzene rings is 1. The van der Waals surface area contributed by atoms with E-state index in [0.717, 1.165) is 43.6 Å². The van der Waals surface area contributed by atoms with Crippen LogP contribution in [0.1, 0.15) is 24.0 Å². The number of nitrogens with zero attached hydrogens (tertiary/aromatic N) is 2. The minimum Gasteiger partial charge on any atom is -0.396 e. The number of hydrogen-bond acceptors (Lipinski definition) is 3. The van der Waals surface area contributed by atoms with Gasteiger partial charge in [-0.2, -0.15) is 5.26 Å². The molecule has 3 heteroatoms. The van der Waals surface area contributed by atoms with E-state index in [4.69, 9.17) is 10.4 Å². The zero-order valence-electron chi connectivity index (χ0n) is 9.97. The highest BCUT2D eigenvalue weighted by Gasteiger charge is 2.22. The molecule has 90 valence electrons. The third kappa shape index (κ3) is 3.06. The maximum absolute atomic E-state index is 9.03. The Hall–Kier alpha value is -1.37. The lowest BCUT2D eigenvalue weighted by Gasteiger charge is -2.16. The molecule has 1 atom stereocenters. The first-order valence-electron chi connectivity index (χ1n) is 6.14. The Bertz CT molecular complexity index is 411. The Morgan fingerprint density at radius 1 is 1.41 bits per heavy atom. The molecule has 0 aromatic heterocycles. The van der Waals surface area contributed by atoms with Crippen molar-refractivity contribution in [1.82, 2.24) is 4.90 Å². The molecule has 1 aromatic carbocycles. The molecular formula is C14H18N2O. The minimum absolute atomic E-state index is 0.285. The van der Waals surface area contributed by atoms with Crippen LogP contribution in [0.5, 0.6) is 0 Å². The smallest absolute Gasteiger partial charge is 0.0995 e. The molecule has 0 amide bonds. The summed E-state index contributed by atoms with van der Waals surface area (Å²) in [5.74, 6) is 0.620. The van der Waals surface area contributed by atoms with E-state index in [1.165, 1.54) is 0 Å². The monoisotopic (exact) mass is 230 g/mol. The van der Waals surface area contributed by atoms with Crippen LogP contribution < -0.4 is 0 Å². The summed E-state index contributed by atoms with van der Waals surface area (Å²) in [6, 6.07) is 10.0. The molecule has 1 heterocycles. The van der Waals surface area contributed by atoms with Crippen LogP contribution in [-0.2, 0) is 6.54 Å². The Morgan fingerprint density at radius 2 is 2.24 bits per heavy atom. The lowest BCUT2D eigenvalue weighted by molar-refractivity contribution is 0.249. The zero-order valence-corrected chi connectivity index (χ0v) is 9.97. The van der Waals surface area contributed by atoms with Crippen LogP contribution in [0.3, 0.4) is 0 Å². The van der Waals surface area contributed by atoms with Gasteiger partial charge in [0, 0.05) is 19.7 Å². The summed E-state index contributed by atoms with van der Waals surface area (Å²) in [6.45, 7) is 3.25. The van der Waals surface area contributed by atoms with Crippen molar-refractivity contribution in [3.8, 4) is 6.07 Å². The standard InChI is InChI=1S/C14H18N2O/c15-9-13-3-1-2-4-14(13)11-16-7-5-12(10-16)6-8-17/h1-4,12,17H,5-8,10-11H2. The van der Waals surface area contributed by atoms with Crippen molar-refractivity contribution < 1.29 is 5.11 Å². The van der Waals surface area contributed by atoms with E-state index in [1.54, 1.807) is 0 Å². The molecule has 3 nitrogen and oxygen atoms in total. The molecule has 1 fully saturated rings. The molecule has 0 aliphatic carbocycles. The summed E-state index contributed by atoms with van der Waals surface area (Å²) in [7, 11) is 0. The topological polar surface area (TPSA) is 47.3 Å². The van der Waals surface area contributed by atoms with Crippen LogP contribution in [0.4, 0.5) is 0 Å². The second-order valence-corrected chi connectivity index (χ2v) is 4.67. The zero-order chi connectivity index (χ0) is 12.1. The van der Waals surface area contributed by atoms with Crippen molar-refractivity contribution in [1.29, 1.82) is 5.26 Å². The molecule has 1 aromatic rings. The van der Waals surface area contributed by atoms with Crippen LogP contribution in [0.15, 0.2) is 24.3 Å². The lowest BCUT2D eigenvalue weighted by Crippen LogP contribution is -2.20. The normalized spacial score (nSPS) is 20.4. The van der Waals surface area contributed by atoms with Gasteiger partial charge in [0.05, 0.1) is 11.6 Å². The van der Waals surface area contributed by atoms with Crippen LogP contribution in [0.2, 0.25) is 0 Å². The first kappa shape index (κ1) is 12.1. The van der Waals surface area contributed by atoms with Crippen LogP contribution in [0, 0.1) is 17.2 Å². The van der Waals surface area contributed by atoms with Gasteiger partial charge in [-0.25, -0.2) is 0 Å². The third-order valence-electron chi connectivity index (χ3n) is 3.44. The molecule has 1 aliphatic rings. The van der Waals surface area contributed by atoms with Gasteiger partial charge in [0.1, 0.15) is 0 Å². The average Bonchev–Trinajstić information content (AvgIpc) is 2.78. The van der Waals surface area contributed by atoms with Crippen LogP contribution >= 0.6 is 0 Å². The molecule has 17 heavy (non-hydrogen) atoms. The van der Waals surface area contributed by atoms with E-state index in [0.29, 0.717) is 5.92 Å². The van der Waals surface area contributed by atoms with Crippen LogP contribution in [-0.4, -0.2) is 29.7 Å². The van der Waals surface area contributed by atoms with E-state index in [9.17, 15) is 0 Å². The summed E-state index contributed by atoms with van der Waals surface area (Å²) in [4.78, 5) is 2.37. The van der Waals surface area contributed by atoms with E-state index in [2.05, 4.69) is 11.0 Å². The molecule has 0 saturated carbocycles. The molecule has 1 N–H and O–H groups in total.